The summed E-state index contributed by atoms with van der Waals surface area (Å²) in [6.07, 6.45) is 0. The van der Waals surface area contributed by atoms with Crippen LogP contribution in [0.4, 0.5) is 0 Å². The van der Waals surface area contributed by atoms with Crippen molar-refractivity contribution in [1.82, 2.24) is 14.8 Å². The topological polar surface area (TPSA) is 50.9 Å². The van der Waals surface area contributed by atoms with Gasteiger partial charge in [-0.3, -0.25) is 0 Å². The molecule has 1 N–H and O–H groups in total. The number of hydrogen-bond donors (Lipinski definition) is 1. The molecule has 2 rings (SSSR count). The van der Waals surface area contributed by atoms with Gasteiger partial charge in [-0.15, -0.1) is 10.2 Å². The first-order valence-electron chi connectivity index (χ1n) is 4.58. The van der Waals surface area contributed by atoms with Crippen LogP contribution in [0.15, 0.2) is 18.2 Å². The van der Waals surface area contributed by atoms with E-state index in [0.717, 1.165) is 0 Å². The van der Waals surface area contributed by atoms with Crippen molar-refractivity contribution in [2.75, 3.05) is 0 Å². The average Bonchev–Trinajstić information content (AvgIpc) is 2.60. The molecule has 0 saturated heterocycles. The lowest BCUT2D eigenvalue weighted by molar-refractivity contribution is 0.267. The average molecular weight is 258 g/mol. The number of benzene rings is 1. The molecular weight excluding hydrogens is 249 g/mol. The van der Waals surface area contributed by atoms with Gasteiger partial charge in [0, 0.05) is 7.05 Å². The first-order chi connectivity index (χ1) is 7.65. The van der Waals surface area contributed by atoms with Gasteiger partial charge in [0.25, 0.3) is 0 Å². The smallest absolute Gasteiger partial charge is 0.166 e. The van der Waals surface area contributed by atoms with Gasteiger partial charge in [0.15, 0.2) is 11.6 Å². The monoisotopic (exact) mass is 257 g/mol. The van der Waals surface area contributed by atoms with Crippen molar-refractivity contribution in [3.8, 4) is 11.4 Å². The first kappa shape index (κ1) is 11.4. The Bertz CT molecular complexity index is 505. The summed E-state index contributed by atoms with van der Waals surface area (Å²) in [5.41, 5.74) is 0.625. The highest BCUT2D eigenvalue weighted by Gasteiger charge is 2.15. The molecule has 16 heavy (non-hydrogen) atoms. The minimum absolute atomic E-state index is 0.175. The number of halogens is 2. The Labute approximate surface area is 102 Å². The van der Waals surface area contributed by atoms with Crippen molar-refractivity contribution in [2.24, 2.45) is 7.05 Å². The van der Waals surface area contributed by atoms with Gasteiger partial charge >= 0.3 is 0 Å². The van der Waals surface area contributed by atoms with Crippen LogP contribution in [-0.2, 0) is 13.7 Å². The maximum absolute atomic E-state index is 9.03. The fourth-order valence-electron chi connectivity index (χ4n) is 1.43. The lowest BCUT2D eigenvalue weighted by atomic mass is 10.2. The molecule has 0 aliphatic carbocycles. The molecule has 0 spiro atoms. The van der Waals surface area contributed by atoms with Gasteiger partial charge in [-0.2, -0.15) is 0 Å². The molecule has 0 unspecified atom stereocenters. The van der Waals surface area contributed by atoms with Gasteiger partial charge in [-0.25, -0.2) is 0 Å². The van der Waals surface area contributed by atoms with Gasteiger partial charge in [0.1, 0.15) is 6.61 Å². The zero-order valence-electron chi connectivity index (χ0n) is 8.48. The highest BCUT2D eigenvalue weighted by Crippen LogP contribution is 2.33. The van der Waals surface area contributed by atoms with Crippen molar-refractivity contribution < 1.29 is 5.11 Å². The Morgan fingerprint density at radius 2 is 1.88 bits per heavy atom. The molecule has 1 aromatic heterocycles. The molecule has 0 atom stereocenters. The second-order valence-electron chi connectivity index (χ2n) is 3.25. The minimum Gasteiger partial charge on any atom is -0.388 e. The molecule has 0 radical (unpaired) electrons. The zero-order chi connectivity index (χ0) is 11.7. The Morgan fingerprint density at radius 3 is 2.38 bits per heavy atom. The van der Waals surface area contributed by atoms with Crippen LogP contribution >= 0.6 is 23.2 Å². The van der Waals surface area contributed by atoms with Crippen LogP contribution in [0.2, 0.25) is 10.0 Å². The van der Waals surface area contributed by atoms with Gasteiger partial charge in [-0.1, -0.05) is 29.3 Å². The van der Waals surface area contributed by atoms with E-state index in [2.05, 4.69) is 10.2 Å². The first-order valence-corrected chi connectivity index (χ1v) is 5.34. The SMILES string of the molecule is Cn1c(CO)nnc1-c1c(Cl)cccc1Cl. The third kappa shape index (κ3) is 1.80. The fraction of sp³-hybridized carbons (Fsp3) is 0.200. The predicted molar refractivity (Wildman–Crippen MR) is 62.4 cm³/mol. The normalized spacial score (nSPS) is 10.8. The van der Waals surface area contributed by atoms with Crippen molar-refractivity contribution in [3.63, 3.8) is 0 Å². The van der Waals surface area contributed by atoms with Crippen LogP contribution in [0.1, 0.15) is 5.82 Å². The summed E-state index contributed by atoms with van der Waals surface area (Å²) in [5.74, 6) is 1.01. The second-order valence-corrected chi connectivity index (χ2v) is 4.07. The fourth-order valence-corrected chi connectivity index (χ4v) is 1.99. The zero-order valence-corrected chi connectivity index (χ0v) is 10.00. The molecule has 6 heteroatoms. The van der Waals surface area contributed by atoms with E-state index in [1.165, 1.54) is 0 Å². The van der Waals surface area contributed by atoms with Gasteiger partial charge in [0.2, 0.25) is 0 Å². The summed E-state index contributed by atoms with van der Waals surface area (Å²) in [6.45, 7) is -0.175. The van der Waals surface area contributed by atoms with E-state index in [4.69, 9.17) is 28.3 Å². The van der Waals surface area contributed by atoms with Crippen molar-refractivity contribution in [3.05, 3.63) is 34.1 Å². The van der Waals surface area contributed by atoms with E-state index in [-0.39, 0.29) is 6.61 Å². The predicted octanol–water partition coefficient (Wildman–Crippen LogP) is 2.28. The number of aromatic nitrogens is 3. The summed E-state index contributed by atoms with van der Waals surface area (Å²) in [4.78, 5) is 0. The molecule has 0 fully saturated rings. The van der Waals surface area contributed by atoms with E-state index in [9.17, 15) is 0 Å². The number of aliphatic hydroxyl groups excluding tert-OH is 1. The van der Waals surface area contributed by atoms with Crippen LogP contribution < -0.4 is 0 Å². The molecule has 1 aromatic carbocycles. The minimum atomic E-state index is -0.175. The molecule has 0 aliphatic heterocycles. The van der Waals surface area contributed by atoms with Gasteiger partial charge in [0.05, 0.1) is 15.6 Å². The molecule has 0 bridgehead atoms. The summed E-state index contributed by atoms with van der Waals surface area (Å²) in [6, 6.07) is 5.23. The molecular formula is C10H9Cl2N3O. The number of rotatable bonds is 2. The van der Waals surface area contributed by atoms with Gasteiger partial charge in [-0.05, 0) is 12.1 Å². The Kier molecular flexibility index (Phi) is 3.14. The summed E-state index contributed by atoms with van der Waals surface area (Å²) < 4.78 is 1.66. The molecule has 1 heterocycles. The van der Waals surface area contributed by atoms with E-state index in [1.807, 2.05) is 0 Å². The van der Waals surface area contributed by atoms with Crippen molar-refractivity contribution in [1.29, 1.82) is 0 Å². The lowest BCUT2D eigenvalue weighted by Gasteiger charge is -2.06. The quantitative estimate of drug-likeness (QED) is 0.898. The third-order valence-electron chi connectivity index (χ3n) is 2.29. The van der Waals surface area contributed by atoms with E-state index >= 15 is 0 Å². The largest absolute Gasteiger partial charge is 0.388 e. The van der Waals surface area contributed by atoms with Crippen LogP contribution in [0.3, 0.4) is 0 Å². The molecule has 0 amide bonds. The highest BCUT2D eigenvalue weighted by molar-refractivity contribution is 6.38. The second kappa shape index (κ2) is 4.41. The third-order valence-corrected chi connectivity index (χ3v) is 2.92. The Balaban J connectivity index is 2.63. The summed E-state index contributed by atoms with van der Waals surface area (Å²) in [5, 5.41) is 17.8. The number of nitrogens with zero attached hydrogens (tertiary/aromatic N) is 3. The van der Waals surface area contributed by atoms with Gasteiger partial charge < -0.3 is 9.67 Å². The molecule has 84 valence electrons. The van der Waals surface area contributed by atoms with Crippen LogP contribution in [-0.4, -0.2) is 19.9 Å². The molecule has 0 aliphatic rings. The summed E-state index contributed by atoms with van der Waals surface area (Å²) >= 11 is 12.1. The highest BCUT2D eigenvalue weighted by atomic mass is 35.5. The maximum atomic E-state index is 9.03. The molecule has 0 saturated carbocycles. The molecule has 4 nitrogen and oxygen atoms in total. The van der Waals surface area contributed by atoms with Crippen LogP contribution in [0, 0.1) is 0 Å². The lowest BCUT2D eigenvalue weighted by Crippen LogP contribution is -1.99. The van der Waals surface area contributed by atoms with Crippen molar-refractivity contribution >= 4 is 23.2 Å². The number of hydrogen-bond acceptors (Lipinski definition) is 3. The van der Waals surface area contributed by atoms with Crippen molar-refractivity contribution in [2.45, 2.75) is 6.61 Å². The van der Waals surface area contributed by atoms with E-state index in [1.54, 1.807) is 29.8 Å². The van der Waals surface area contributed by atoms with Crippen LogP contribution in [0.25, 0.3) is 11.4 Å². The van der Waals surface area contributed by atoms with E-state index in [0.29, 0.717) is 27.3 Å². The molecule has 2 aromatic rings. The maximum Gasteiger partial charge on any atom is 0.166 e. The van der Waals surface area contributed by atoms with E-state index < -0.39 is 0 Å². The standard InChI is InChI=1S/C10H9Cl2N3O/c1-15-8(5-16)13-14-10(15)9-6(11)3-2-4-7(9)12/h2-4,16H,5H2,1H3. The number of aliphatic hydroxyl groups is 1. The Hall–Kier alpha value is -1.10. The van der Waals surface area contributed by atoms with Crippen LogP contribution in [0.5, 0.6) is 0 Å². The summed E-state index contributed by atoms with van der Waals surface area (Å²) in [7, 11) is 1.75. The Morgan fingerprint density at radius 1 is 1.25 bits per heavy atom.